The molecule has 1 aliphatic rings. The van der Waals surface area contributed by atoms with Crippen molar-refractivity contribution in [2.24, 2.45) is 0 Å². The second-order valence-corrected chi connectivity index (χ2v) is 3.03. The number of carbonyl (C=O) groups is 1. The number of amides is 1. The molecule has 0 aromatic carbocycles. The molecule has 12 heavy (non-hydrogen) atoms. The topological polar surface area (TPSA) is 64.9 Å². The van der Waals surface area contributed by atoms with Gasteiger partial charge in [-0.15, -0.1) is 0 Å². The van der Waals surface area contributed by atoms with Crippen LogP contribution < -0.4 is 10.6 Å². The van der Waals surface area contributed by atoms with Crippen LogP contribution in [-0.2, 0) is 4.79 Å². The zero-order chi connectivity index (χ0) is 9.03. The van der Waals surface area contributed by atoms with Crippen molar-refractivity contribution < 1.29 is 4.79 Å². The summed E-state index contributed by atoms with van der Waals surface area (Å²) in [6, 6.07) is 0. The van der Waals surface area contributed by atoms with Gasteiger partial charge in [-0.2, -0.15) is 5.26 Å². The summed E-state index contributed by atoms with van der Waals surface area (Å²) in [7, 11) is 0. The molecule has 1 rings (SSSR count). The van der Waals surface area contributed by atoms with Gasteiger partial charge in [0.25, 0.3) is 5.91 Å². The Kier molecular flexibility index (Phi) is 2.66. The molecule has 0 aliphatic carbocycles. The molecular weight excluding hydrogens is 154 g/mol. The Labute approximate surface area is 71.9 Å². The molecule has 66 valence electrons. The van der Waals surface area contributed by atoms with Crippen molar-refractivity contribution in [3.05, 3.63) is 0 Å². The van der Waals surface area contributed by atoms with Gasteiger partial charge in [0.15, 0.2) is 6.19 Å². The van der Waals surface area contributed by atoms with Crippen molar-refractivity contribution in [2.45, 2.75) is 31.7 Å². The van der Waals surface area contributed by atoms with Gasteiger partial charge in [0.1, 0.15) is 0 Å². The minimum atomic E-state index is -0.476. The van der Waals surface area contributed by atoms with Crippen molar-refractivity contribution in [2.75, 3.05) is 6.54 Å². The fraction of sp³-hybridized carbons (Fsp3) is 0.750. The van der Waals surface area contributed by atoms with Crippen LogP contribution in [0.5, 0.6) is 0 Å². The van der Waals surface area contributed by atoms with Crippen LogP contribution >= 0.6 is 0 Å². The lowest BCUT2D eigenvalue weighted by molar-refractivity contribution is -0.126. The predicted molar refractivity (Wildman–Crippen MR) is 44.0 cm³/mol. The van der Waals surface area contributed by atoms with E-state index in [2.05, 4.69) is 10.6 Å². The van der Waals surface area contributed by atoms with Crippen LogP contribution in [0.15, 0.2) is 0 Å². The monoisotopic (exact) mass is 167 g/mol. The molecule has 1 fully saturated rings. The smallest absolute Gasteiger partial charge is 0.253 e. The van der Waals surface area contributed by atoms with Crippen LogP contribution in [-0.4, -0.2) is 18.0 Å². The Morgan fingerprint density at radius 3 is 3.00 bits per heavy atom. The molecule has 4 heteroatoms. The SMILES string of the molecule is CCC1(C(=O)NC#N)CCCN1. The van der Waals surface area contributed by atoms with E-state index in [9.17, 15) is 4.79 Å². The van der Waals surface area contributed by atoms with Gasteiger partial charge in [0.05, 0.1) is 5.54 Å². The molecule has 0 aromatic heterocycles. The van der Waals surface area contributed by atoms with E-state index >= 15 is 0 Å². The van der Waals surface area contributed by atoms with E-state index in [0.29, 0.717) is 0 Å². The zero-order valence-corrected chi connectivity index (χ0v) is 7.18. The third-order valence-corrected chi connectivity index (χ3v) is 2.45. The first kappa shape index (κ1) is 9.01. The van der Waals surface area contributed by atoms with Gasteiger partial charge < -0.3 is 5.32 Å². The van der Waals surface area contributed by atoms with Crippen LogP contribution in [0.1, 0.15) is 26.2 Å². The van der Waals surface area contributed by atoms with E-state index < -0.39 is 5.54 Å². The Morgan fingerprint density at radius 1 is 1.83 bits per heavy atom. The van der Waals surface area contributed by atoms with Gasteiger partial charge >= 0.3 is 0 Å². The third-order valence-electron chi connectivity index (χ3n) is 2.45. The zero-order valence-electron chi connectivity index (χ0n) is 7.18. The number of hydrogen-bond acceptors (Lipinski definition) is 3. The van der Waals surface area contributed by atoms with E-state index in [4.69, 9.17) is 5.26 Å². The van der Waals surface area contributed by atoms with Crippen molar-refractivity contribution in [1.29, 1.82) is 5.26 Å². The molecule has 1 amide bonds. The Bertz CT molecular complexity index is 213. The second kappa shape index (κ2) is 3.55. The van der Waals surface area contributed by atoms with Crippen molar-refractivity contribution in [1.82, 2.24) is 10.6 Å². The fourth-order valence-electron chi connectivity index (χ4n) is 1.63. The largest absolute Gasteiger partial charge is 0.303 e. The molecule has 0 aromatic rings. The molecule has 4 nitrogen and oxygen atoms in total. The van der Waals surface area contributed by atoms with E-state index in [0.717, 1.165) is 25.8 Å². The van der Waals surface area contributed by atoms with E-state index in [1.165, 1.54) is 0 Å². The van der Waals surface area contributed by atoms with Crippen LogP contribution in [0, 0.1) is 11.5 Å². The highest BCUT2D eigenvalue weighted by molar-refractivity contribution is 5.87. The van der Waals surface area contributed by atoms with Crippen LogP contribution in [0.3, 0.4) is 0 Å². The lowest BCUT2D eigenvalue weighted by atomic mass is 9.93. The number of rotatable bonds is 2. The average Bonchev–Trinajstić information content (AvgIpc) is 2.54. The summed E-state index contributed by atoms with van der Waals surface area (Å²) in [6.45, 7) is 2.82. The van der Waals surface area contributed by atoms with Crippen molar-refractivity contribution in [3.63, 3.8) is 0 Å². The Balaban J connectivity index is 2.67. The van der Waals surface area contributed by atoms with Crippen molar-refractivity contribution >= 4 is 5.91 Å². The highest BCUT2D eigenvalue weighted by Crippen LogP contribution is 2.22. The standard InChI is InChI=1S/C8H13N3O/c1-2-8(4-3-5-11-8)7(12)10-6-9/h11H,2-5H2,1H3,(H,10,12). The highest BCUT2D eigenvalue weighted by Gasteiger charge is 2.38. The summed E-state index contributed by atoms with van der Waals surface area (Å²) in [4.78, 5) is 11.4. The molecule has 1 aliphatic heterocycles. The Morgan fingerprint density at radius 2 is 2.58 bits per heavy atom. The number of nitriles is 1. The first-order valence-electron chi connectivity index (χ1n) is 4.20. The second-order valence-electron chi connectivity index (χ2n) is 3.03. The third kappa shape index (κ3) is 1.41. The molecular formula is C8H13N3O. The van der Waals surface area contributed by atoms with E-state index in [1.807, 2.05) is 6.92 Å². The molecule has 1 heterocycles. The normalized spacial score (nSPS) is 28.0. The maximum atomic E-state index is 11.4. The molecule has 0 saturated carbocycles. The minimum Gasteiger partial charge on any atom is -0.303 e. The predicted octanol–water partition coefficient (Wildman–Crippen LogP) is 0.116. The lowest BCUT2D eigenvalue weighted by Crippen LogP contribution is -2.51. The maximum Gasteiger partial charge on any atom is 0.253 e. The molecule has 1 atom stereocenters. The maximum absolute atomic E-state index is 11.4. The number of nitrogens with one attached hydrogen (secondary N) is 2. The van der Waals surface area contributed by atoms with Crippen LogP contribution in [0.2, 0.25) is 0 Å². The first-order valence-corrected chi connectivity index (χ1v) is 4.20. The van der Waals surface area contributed by atoms with Gasteiger partial charge in [-0.25, -0.2) is 0 Å². The molecule has 0 bridgehead atoms. The summed E-state index contributed by atoms with van der Waals surface area (Å²) < 4.78 is 0. The number of nitrogens with zero attached hydrogens (tertiary/aromatic N) is 1. The number of hydrogen-bond donors (Lipinski definition) is 2. The van der Waals surface area contributed by atoms with E-state index in [1.54, 1.807) is 6.19 Å². The van der Waals surface area contributed by atoms with Gasteiger partial charge in [0.2, 0.25) is 0 Å². The quantitative estimate of drug-likeness (QED) is 0.453. The lowest BCUT2D eigenvalue weighted by Gasteiger charge is -2.24. The summed E-state index contributed by atoms with van der Waals surface area (Å²) >= 11 is 0. The summed E-state index contributed by atoms with van der Waals surface area (Å²) in [5.41, 5.74) is -0.476. The summed E-state index contributed by atoms with van der Waals surface area (Å²) in [5.74, 6) is -0.190. The van der Waals surface area contributed by atoms with Gasteiger partial charge in [-0.3, -0.25) is 10.1 Å². The minimum absolute atomic E-state index is 0.190. The van der Waals surface area contributed by atoms with Gasteiger partial charge in [-0.1, -0.05) is 6.92 Å². The van der Waals surface area contributed by atoms with Crippen molar-refractivity contribution in [3.8, 4) is 6.19 Å². The average molecular weight is 167 g/mol. The van der Waals surface area contributed by atoms with Gasteiger partial charge in [0, 0.05) is 0 Å². The molecule has 2 N–H and O–H groups in total. The number of carbonyl (C=O) groups excluding carboxylic acids is 1. The molecule has 0 spiro atoms. The Hall–Kier alpha value is -1.08. The molecule has 0 radical (unpaired) electrons. The fourth-order valence-corrected chi connectivity index (χ4v) is 1.63. The first-order chi connectivity index (χ1) is 5.75. The summed E-state index contributed by atoms with van der Waals surface area (Å²) in [6.07, 6.45) is 4.24. The molecule has 1 saturated heterocycles. The highest BCUT2D eigenvalue weighted by atomic mass is 16.2. The van der Waals surface area contributed by atoms with Gasteiger partial charge in [-0.05, 0) is 25.8 Å². The molecule has 1 unspecified atom stereocenters. The van der Waals surface area contributed by atoms with Crippen LogP contribution in [0.25, 0.3) is 0 Å². The van der Waals surface area contributed by atoms with E-state index in [-0.39, 0.29) is 5.91 Å². The summed E-state index contributed by atoms with van der Waals surface area (Å²) in [5, 5.41) is 13.6. The van der Waals surface area contributed by atoms with Crippen LogP contribution in [0.4, 0.5) is 0 Å².